The van der Waals surface area contributed by atoms with E-state index < -0.39 is 0 Å². The van der Waals surface area contributed by atoms with Gasteiger partial charge in [-0.3, -0.25) is 4.98 Å². The molecule has 0 bridgehead atoms. The van der Waals surface area contributed by atoms with Gasteiger partial charge in [-0.25, -0.2) is 0 Å². The Kier molecular flexibility index (Phi) is 2.65. The van der Waals surface area contributed by atoms with E-state index in [0.29, 0.717) is 0 Å². The fourth-order valence-corrected chi connectivity index (χ4v) is 2.22. The van der Waals surface area contributed by atoms with Crippen LogP contribution in [0, 0.1) is 13.8 Å². The first-order valence-electron chi connectivity index (χ1n) is 4.87. The summed E-state index contributed by atoms with van der Waals surface area (Å²) in [6.45, 7) is 4.11. The molecule has 1 aromatic heterocycles. The lowest BCUT2D eigenvalue weighted by Gasteiger charge is -2.10. The average molecular weight is 265 g/mol. The lowest BCUT2D eigenvalue weighted by Crippen LogP contribution is -1.95. The number of fused-ring (bicyclic) bond motifs is 1. The summed E-state index contributed by atoms with van der Waals surface area (Å²) in [5.41, 5.74) is 4.43. The van der Waals surface area contributed by atoms with Gasteiger partial charge in [0.15, 0.2) is 0 Å². The summed E-state index contributed by atoms with van der Waals surface area (Å²) < 4.78 is 1.04. The molecule has 0 radical (unpaired) electrons. The van der Waals surface area contributed by atoms with Gasteiger partial charge in [0.05, 0.1) is 5.52 Å². The molecular weight excluding hydrogens is 252 g/mol. The van der Waals surface area contributed by atoms with Crippen LogP contribution in [0.5, 0.6) is 0 Å². The molecule has 3 heteroatoms. The molecular formula is C12H13BrN2. The Morgan fingerprint density at radius 1 is 1.27 bits per heavy atom. The van der Waals surface area contributed by atoms with Gasteiger partial charge < -0.3 is 5.32 Å². The van der Waals surface area contributed by atoms with Crippen LogP contribution in [0.2, 0.25) is 0 Å². The summed E-state index contributed by atoms with van der Waals surface area (Å²) in [4.78, 5) is 4.56. The Bertz CT molecular complexity index is 521. The van der Waals surface area contributed by atoms with Crippen LogP contribution >= 0.6 is 15.9 Å². The molecule has 0 fully saturated rings. The molecule has 1 aromatic carbocycles. The van der Waals surface area contributed by atoms with Crippen LogP contribution in [0.25, 0.3) is 10.9 Å². The van der Waals surface area contributed by atoms with Gasteiger partial charge in [0.1, 0.15) is 0 Å². The Balaban J connectivity index is 2.95. The van der Waals surface area contributed by atoms with Gasteiger partial charge in [0, 0.05) is 28.3 Å². The first kappa shape index (κ1) is 10.4. The van der Waals surface area contributed by atoms with Gasteiger partial charge in [0.2, 0.25) is 0 Å². The fraction of sp³-hybridized carbons (Fsp3) is 0.250. The number of aromatic nitrogens is 1. The number of benzene rings is 1. The van der Waals surface area contributed by atoms with Crippen molar-refractivity contribution in [2.24, 2.45) is 0 Å². The van der Waals surface area contributed by atoms with Gasteiger partial charge in [-0.2, -0.15) is 0 Å². The molecule has 0 saturated carbocycles. The van der Waals surface area contributed by atoms with E-state index in [2.05, 4.69) is 45.3 Å². The topological polar surface area (TPSA) is 24.9 Å². The largest absolute Gasteiger partial charge is 0.388 e. The molecule has 0 unspecified atom stereocenters. The van der Waals surface area contributed by atoms with E-state index in [1.807, 2.05) is 20.0 Å². The third kappa shape index (κ3) is 1.72. The standard InChI is InChI=1S/C12H13BrN2/c1-7-4-5-9(13)12-11(7)10(14-3)6-8(2)15-12/h4-6H,1-3H3,(H,14,15). The molecule has 78 valence electrons. The minimum Gasteiger partial charge on any atom is -0.388 e. The average Bonchev–Trinajstić information content (AvgIpc) is 2.22. The van der Waals surface area contributed by atoms with Crippen molar-refractivity contribution in [3.05, 3.63) is 33.9 Å². The molecule has 1 heterocycles. The van der Waals surface area contributed by atoms with E-state index in [9.17, 15) is 0 Å². The predicted molar refractivity (Wildman–Crippen MR) is 68.5 cm³/mol. The van der Waals surface area contributed by atoms with Crippen LogP contribution in [0.1, 0.15) is 11.3 Å². The maximum atomic E-state index is 4.56. The lowest BCUT2D eigenvalue weighted by atomic mass is 10.1. The SMILES string of the molecule is CNc1cc(C)nc2c(Br)ccc(C)c12. The number of nitrogens with one attached hydrogen (secondary N) is 1. The van der Waals surface area contributed by atoms with Crippen molar-refractivity contribution in [1.29, 1.82) is 0 Å². The summed E-state index contributed by atoms with van der Waals surface area (Å²) in [6.07, 6.45) is 0. The Morgan fingerprint density at radius 3 is 2.67 bits per heavy atom. The summed E-state index contributed by atoms with van der Waals surface area (Å²) >= 11 is 3.54. The Hall–Kier alpha value is -1.09. The fourth-order valence-electron chi connectivity index (χ4n) is 1.80. The number of aryl methyl sites for hydroxylation is 2. The highest BCUT2D eigenvalue weighted by Crippen LogP contribution is 2.31. The summed E-state index contributed by atoms with van der Waals surface area (Å²) in [5.74, 6) is 0. The van der Waals surface area contributed by atoms with Crippen LogP contribution in [0.4, 0.5) is 5.69 Å². The van der Waals surface area contributed by atoms with Gasteiger partial charge in [-0.1, -0.05) is 6.07 Å². The molecule has 2 rings (SSSR count). The van der Waals surface area contributed by atoms with Crippen molar-refractivity contribution in [1.82, 2.24) is 4.98 Å². The molecule has 0 saturated heterocycles. The molecule has 0 atom stereocenters. The van der Waals surface area contributed by atoms with E-state index in [0.717, 1.165) is 21.4 Å². The number of halogens is 1. The van der Waals surface area contributed by atoms with Crippen molar-refractivity contribution >= 4 is 32.5 Å². The van der Waals surface area contributed by atoms with E-state index in [1.165, 1.54) is 10.9 Å². The van der Waals surface area contributed by atoms with Crippen molar-refractivity contribution in [3.8, 4) is 0 Å². The molecule has 2 aromatic rings. The van der Waals surface area contributed by atoms with Gasteiger partial charge >= 0.3 is 0 Å². The first-order valence-corrected chi connectivity index (χ1v) is 5.67. The maximum Gasteiger partial charge on any atom is 0.0870 e. The van der Waals surface area contributed by atoms with Gasteiger partial charge in [-0.05, 0) is 47.5 Å². The molecule has 15 heavy (non-hydrogen) atoms. The van der Waals surface area contributed by atoms with Gasteiger partial charge in [0.25, 0.3) is 0 Å². The second-order valence-electron chi connectivity index (χ2n) is 3.65. The second-order valence-corrected chi connectivity index (χ2v) is 4.50. The summed E-state index contributed by atoms with van der Waals surface area (Å²) in [5, 5.41) is 4.41. The number of hydrogen-bond donors (Lipinski definition) is 1. The number of rotatable bonds is 1. The number of anilines is 1. The second kappa shape index (κ2) is 3.81. The summed E-state index contributed by atoms with van der Waals surface area (Å²) in [6, 6.07) is 6.22. The summed E-state index contributed by atoms with van der Waals surface area (Å²) in [7, 11) is 1.94. The quantitative estimate of drug-likeness (QED) is 0.851. The lowest BCUT2D eigenvalue weighted by molar-refractivity contribution is 1.24. The number of nitrogens with zero attached hydrogens (tertiary/aromatic N) is 1. The Morgan fingerprint density at radius 2 is 2.00 bits per heavy atom. The third-order valence-corrected chi connectivity index (χ3v) is 3.16. The number of hydrogen-bond acceptors (Lipinski definition) is 2. The van der Waals surface area contributed by atoms with E-state index in [-0.39, 0.29) is 0 Å². The zero-order valence-electron chi connectivity index (χ0n) is 9.06. The van der Waals surface area contributed by atoms with E-state index in [4.69, 9.17) is 0 Å². The smallest absolute Gasteiger partial charge is 0.0870 e. The molecule has 0 amide bonds. The highest BCUT2D eigenvalue weighted by molar-refractivity contribution is 9.10. The molecule has 2 nitrogen and oxygen atoms in total. The monoisotopic (exact) mass is 264 g/mol. The Labute approximate surface area is 97.8 Å². The van der Waals surface area contributed by atoms with Crippen molar-refractivity contribution < 1.29 is 0 Å². The third-order valence-electron chi connectivity index (χ3n) is 2.52. The van der Waals surface area contributed by atoms with Crippen molar-refractivity contribution in [3.63, 3.8) is 0 Å². The molecule has 0 aliphatic rings. The molecule has 0 aliphatic heterocycles. The van der Waals surface area contributed by atoms with Crippen molar-refractivity contribution in [2.45, 2.75) is 13.8 Å². The van der Waals surface area contributed by atoms with E-state index in [1.54, 1.807) is 0 Å². The highest BCUT2D eigenvalue weighted by atomic mass is 79.9. The molecule has 0 spiro atoms. The zero-order valence-corrected chi connectivity index (χ0v) is 10.6. The number of pyridine rings is 1. The highest BCUT2D eigenvalue weighted by Gasteiger charge is 2.08. The molecule has 1 N–H and O–H groups in total. The zero-order chi connectivity index (χ0) is 11.0. The van der Waals surface area contributed by atoms with Crippen LogP contribution in [0.3, 0.4) is 0 Å². The van der Waals surface area contributed by atoms with Gasteiger partial charge in [-0.15, -0.1) is 0 Å². The van der Waals surface area contributed by atoms with Crippen molar-refractivity contribution in [2.75, 3.05) is 12.4 Å². The normalized spacial score (nSPS) is 10.7. The molecule has 0 aliphatic carbocycles. The minimum atomic E-state index is 1.03. The van der Waals surface area contributed by atoms with Crippen LogP contribution < -0.4 is 5.32 Å². The van der Waals surface area contributed by atoms with Crippen LogP contribution in [-0.4, -0.2) is 12.0 Å². The maximum absolute atomic E-state index is 4.56. The predicted octanol–water partition coefficient (Wildman–Crippen LogP) is 3.66. The van der Waals surface area contributed by atoms with Crippen LogP contribution in [0.15, 0.2) is 22.7 Å². The minimum absolute atomic E-state index is 1.03. The van der Waals surface area contributed by atoms with Crippen LogP contribution in [-0.2, 0) is 0 Å². The first-order chi connectivity index (χ1) is 7.13. The van der Waals surface area contributed by atoms with E-state index >= 15 is 0 Å².